The number of carbonyl (C=O) groups is 2. The van der Waals surface area contributed by atoms with Crippen LogP contribution in [0.25, 0.3) is 0 Å². The van der Waals surface area contributed by atoms with Crippen molar-refractivity contribution in [2.75, 3.05) is 13.1 Å². The topological polar surface area (TPSA) is 98.7 Å². The zero-order valence-corrected chi connectivity index (χ0v) is 21.6. The minimum atomic E-state index is -0.548. The smallest absolute Gasteiger partial charge is 0.255 e. The van der Waals surface area contributed by atoms with Gasteiger partial charge in [-0.05, 0) is 25.0 Å². The second-order valence-corrected chi connectivity index (χ2v) is 9.32. The van der Waals surface area contributed by atoms with E-state index < -0.39 is 23.3 Å². The zero-order chi connectivity index (χ0) is 25.0. The summed E-state index contributed by atoms with van der Waals surface area (Å²) in [5, 5.41) is 26.1. The average Bonchev–Trinajstić information content (AvgIpc) is 2.83. The number of hydrogen-bond acceptors (Lipinski definition) is 4. The van der Waals surface area contributed by atoms with Gasteiger partial charge in [0.25, 0.3) is 11.8 Å². The van der Waals surface area contributed by atoms with Gasteiger partial charge in [-0.1, -0.05) is 104 Å². The van der Waals surface area contributed by atoms with Crippen molar-refractivity contribution in [3.05, 3.63) is 23.3 Å². The van der Waals surface area contributed by atoms with E-state index in [0.717, 1.165) is 38.5 Å². The number of carbonyl (C=O) groups excluding carboxylic acids is 2. The van der Waals surface area contributed by atoms with E-state index in [0.29, 0.717) is 13.1 Å². The van der Waals surface area contributed by atoms with Crippen molar-refractivity contribution in [1.82, 2.24) is 10.6 Å². The van der Waals surface area contributed by atoms with E-state index in [2.05, 4.69) is 24.5 Å². The number of phenolic OH excluding ortho intramolecular Hbond substituents is 2. The predicted molar refractivity (Wildman–Crippen MR) is 140 cm³/mol. The van der Waals surface area contributed by atoms with Crippen LogP contribution in [0, 0.1) is 0 Å². The summed E-state index contributed by atoms with van der Waals surface area (Å²) in [4.78, 5) is 24.8. The molecule has 1 aromatic carbocycles. The molecule has 0 bridgehead atoms. The van der Waals surface area contributed by atoms with Crippen LogP contribution in [0.5, 0.6) is 11.5 Å². The Labute approximate surface area is 206 Å². The number of hydrogen-bond donors (Lipinski definition) is 4. The normalized spacial score (nSPS) is 10.9. The zero-order valence-electron chi connectivity index (χ0n) is 21.6. The Morgan fingerprint density at radius 2 is 0.853 bits per heavy atom. The van der Waals surface area contributed by atoms with Crippen LogP contribution in [0.15, 0.2) is 12.1 Å². The molecule has 194 valence electrons. The lowest BCUT2D eigenvalue weighted by Gasteiger charge is -2.11. The number of phenols is 2. The molecule has 0 fully saturated rings. The monoisotopic (exact) mass is 476 g/mol. The maximum absolute atomic E-state index is 12.4. The van der Waals surface area contributed by atoms with Crippen molar-refractivity contribution in [3.63, 3.8) is 0 Å². The molecule has 0 aliphatic carbocycles. The second kappa shape index (κ2) is 19.1. The molecule has 4 N–H and O–H groups in total. The van der Waals surface area contributed by atoms with Gasteiger partial charge >= 0.3 is 0 Å². The van der Waals surface area contributed by atoms with Crippen LogP contribution in [0.4, 0.5) is 0 Å². The molecule has 0 saturated heterocycles. The lowest BCUT2D eigenvalue weighted by atomic mass is 10.1. The lowest BCUT2D eigenvalue weighted by molar-refractivity contribution is 0.0935. The molecule has 6 heteroatoms. The number of aromatic hydroxyl groups is 2. The second-order valence-electron chi connectivity index (χ2n) is 9.32. The van der Waals surface area contributed by atoms with E-state index in [4.69, 9.17) is 0 Å². The Hall–Kier alpha value is -2.24. The average molecular weight is 477 g/mol. The van der Waals surface area contributed by atoms with Gasteiger partial charge in [0.15, 0.2) is 11.5 Å². The maximum atomic E-state index is 12.4. The highest BCUT2D eigenvalue weighted by atomic mass is 16.3. The van der Waals surface area contributed by atoms with Gasteiger partial charge in [0, 0.05) is 13.1 Å². The Balaban J connectivity index is 2.32. The van der Waals surface area contributed by atoms with Crippen LogP contribution in [-0.4, -0.2) is 35.1 Å². The summed E-state index contributed by atoms with van der Waals surface area (Å²) in [6, 6.07) is 2.78. The Morgan fingerprint density at radius 1 is 0.559 bits per heavy atom. The molecule has 6 nitrogen and oxygen atoms in total. The minimum absolute atomic E-state index is 0.0170. The van der Waals surface area contributed by atoms with Gasteiger partial charge < -0.3 is 20.8 Å². The molecule has 0 unspecified atom stereocenters. The number of unbranched alkanes of at least 4 members (excludes halogenated alkanes) is 14. The SMILES string of the molecule is CCCCCCCCCCNC(=O)c1ccc(C(=O)NCCCCCCCCCC)c(O)c1O. The van der Waals surface area contributed by atoms with Gasteiger partial charge in [0.05, 0.1) is 11.1 Å². The van der Waals surface area contributed by atoms with E-state index in [1.54, 1.807) is 0 Å². The molecule has 2 amide bonds. The van der Waals surface area contributed by atoms with Crippen molar-refractivity contribution in [2.24, 2.45) is 0 Å². The van der Waals surface area contributed by atoms with Gasteiger partial charge in [0.2, 0.25) is 0 Å². The molecule has 0 heterocycles. The lowest BCUT2D eigenvalue weighted by Crippen LogP contribution is -2.26. The highest BCUT2D eigenvalue weighted by molar-refractivity contribution is 6.02. The molecule has 0 spiro atoms. The molecule has 34 heavy (non-hydrogen) atoms. The van der Waals surface area contributed by atoms with Crippen LogP contribution < -0.4 is 10.6 Å². The summed E-state index contributed by atoms with van der Waals surface area (Å²) >= 11 is 0. The third-order valence-electron chi connectivity index (χ3n) is 6.27. The van der Waals surface area contributed by atoms with E-state index in [1.165, 1.54) is 76.3 Å². The van der Waals surface area contributed by atoms with E-state index in [1.807, 2.05) is 0 Å². The number of rotatable bonds is 20. The predicted octanol–water partition coefficient (Wildman–Crippen LogP) is 6.84. The highest BCUT2D eigenvalue weighted by Crippen LogP contribution is 2.32. The van der Waals surface area contributed by atoms with Crippen molar-refractivity contribution in [1.29, 1.82) is 0 Å². The highest BCUT2D eigenvalue weighted by Gasteiger charge is 2.20. The van der Waals surface area contributed by atoms with Crippen molar-refractivity contribution < 1.29 is 19.8 Å². The Morgan fingerprint density at radius 3 is 1.18 bits per heavy atom. The maximum Gasteiger partial charge on any atom is 0.255 e. The Kier molecular flexibility index (Phi) is 16.7. The molecule has 0 aliphatic heterocycles. The third-order valence-corrected chi connectivity index (χ3v) is 6.27. The largest absolute Gasteiger partial charge is 0.504 e. The third kappa shape index (κ3) is 12.3. The van der Waals surface area contributed by atoms with Crippen LogP contribution in [0.1, 0.15) is 137 Å². The van der Waals surface area contributed by atoms with Gasteiger partial charge in [-0.25, -0.2) is 0 Å². The fourth-order valence-electron chi connectivity index (χ4n) is 4.06. The van der Waals surface area contributed by atoms with Gasteiger partial charge in [-0.15, -0.1) is 0 Å². The Bertz CT molecular complexity index is 647. The van der Waals surface area contributed by atoms with Crippen molar-refractivity contribution >= 4 is 11.8 Å². The van der Waals surface area contributed by atoms with Crippen LogP contribution in [-0.2, 0) is 0 Å². The van der Waals surface area contributed by atoms with E-state index in [-0.39, 0.29) is 11.1 Å². The molecule has 0 aliphatic rings. The number of amides is 2. The van der Waals surface area contributed by atoms with Crippen LogP contribution in [0.2, 0.25) is 0 Å². The number of nitrogens with one attached hydrogen (secondary N) is 2. The standard InChI is InChI=1S/C28H48N2O4/c1-3-5-7-9-11-13-15-17-21-29-27(33)23-19-20-24(26(32)25(23)31)28(34)30-22-18-16-14-12-10-8-6-4-2/h19-20,31-32H,3-18,21-22H2,1-2H3,(H,29,33)(H,30,34). The fraction of sp³-hybridized carbons (Fsp3) is 0.714. The quantitative estimate of drug-likeness (QED) is 0.122. The first-order valence-corrected chi connectivity index (χ1v) is 13.6. The van der Waals surface area contributed by atoms with E-state index in [9.17, 15) is 19.8 Å². The van der Waals surface area contributed by atoms with E-state index >= 15 is 0 Å². The van der Waals surface area contributed by atoms with Crippen molar-refractivity contribution in [3.8, 4) is 11.5 Å². The first kappa shape index (κ1) is 29.8. The van der Waals surface area contributed by atoms with Crippen molar-refractivity contribution in [2.45, 2.75) is 117 Å². The summed E-state index contributed by atoms with van der Waals surface area (Å²) in [5.74, 6) is -1.98. The molecule has 0 saturated carbocycles. The molecule has 1 rings (SSSR count). The van der Waals surface area contributed by atoms with Gasteiger partial charge in [-0.2, -0.15) is 0 Å². The fourth-order valence-corrected chi connectivity index (χ4v) is 4.06. The molecule has 0 atom stereocenters. The molecule has 1 aromatic rings. The number of benzene rings is 1. The summed E-state index contributed by atoms with van der Waals surface area (Å²) in [6.07, 6.45) is 18.9. The van der Waals surface area contributed by atoms with Gasteiger partial charge in [-0.3, -0.25) is 9.59 Å². The van der Waals surface area contributed by atoms with Gasteiger partial charge in [0.1, 0.15) is 0 Å². The summed E-state index contributed by atoms with van der Waals surface area (Å²) in [5.41, 5.74) is -0.0339. The summed E-state index contributed by atoms with van der Waals surface area (Å²) < 4.78 is 0. The summed E-state index contributed by atoms with van der Waals surface area (Å²) in [6.45, 7) is 5.46. The summed E-state index contributed by atoms with van der Waals surface area (Å²) in [7, 11) is 0. The molecule has 0 radical (unpaired) electrons. The molecule has 0 aromatic heterocycles. The van der Waals surface area contributed by atoms with Crippen LogP contribution >= 0.6 is 0 Å². The molecular formula is C28H48N2O4. The van der Waals surface area contributed by atoms with Crippen LogP contribution in [0.3, 0.4) is 0 Å². The first-order chi connectivity index (χ1) is 16.5. The first-order valence-electron chi connectivity index (χ1n) is 13.6. The minimum Gasteiger partial charge on any atom is -0.504 e. The molecular weight excluding hydrogens is 428 g/mol.